The molecule has 0 atom stereocenters. The average molecular weight is 298 g/mol. The number of unbranched alkanes of at least 4 members (excludes halogenated alkanes) is 1. The lowest BCUT2D eigenvalue weighted by Crippen LogP contribution is -2.10. The number of rotatable bonds is 14. The van der Waals surface area contributed by atoms with Crippen molar-refractivity contribution in [1.29, 1.82) is 0 Å². The molecule has 0 fully saturated rings. The van der Waals surface area contributed by atoms with Gasteiger partial charge in [-0.3, -0.25) is 13.6 Å². The molecule has 0 radical (unpaired) electrons. The van der Waals surface area contributed by atoms with Crippen LogP contribution in [0.25, 0.3) is 0 Å². The molecular formula is C12H27O6P. The molecule has 19 heavy (non-hydrogen) atoms. The molecule has 0 heterocycles. The van der Waals surface area contributed by atoms with Crippen LogP contribution in [0.2, 0.25) is 0 Å². The minimum Gasteiger partial charge on any atom is -0.379 e. The Kier molecular flexibility index (Phi) is 13.1. The largest absolute Gasteiger partial charge is 0.474 e. The zero-order valence-corrected chi connectivity index (χ0v) is 13.2. The highest BCUT2D eigenvalue weighted by atomic mass is 31.2. The van der Waals surface area contributed by atoms with E-state index in [0.29, 0.717) is 33.0 Å². The van der Waals surface area contributed by atoms with Gasteiger partial charge in [-0.1, -0.05) is 13.3 Å². The highest BCUT2D eigenvalue weighted by molar-refractivity contribution is 7.48. The van der Waals surface area contributed by atoms with Crippen LogP contribution < -0.4 is 0 Å². The van der Waals surface area contributed by atoms with E-state index in [-0.39, 0.29) is 13.2 Å². The summed E-state index contributed by atoms with van der Waals surface area (Å²) in [6, 6.07) is 0. The van der Waals surface area contributed by atoms with Crippen LogP contribution in [0.15, 0.2) is 0 Å². The lowest BCUT2D eigenvalue weighted by molar-refractivity contribution is 0.0509. The predicted molar refractivity (Wildman–Crippen MR) is 73.4 cm³/mol. The first-order valence-electron chi connectivity index (χ1n) is 6.87. The molecule has 6 nitrogen and oxygen atoms in total. The van der Waals surface area contributed by atoms with E-state index in [1.807, 2.05) is 20.8 Å². The fourth-order valence-corrected chi connectivity index (χ4v) is 2.31. The molecule has 116 valence electrons. The van der Waals surface area contributed by atoms with E-state index >= 15 is 0 Å². The molecule has 0 saturated heterocycles. The number of ether oxygens (including phenoxy) is 2. The predicted octanol–water partition coefficient (Wildman–Crippen LogP) is 3.02. The fraction of sp³-hybridized carbons (Fsp3) is 1.00. The summed E-state index contributed by atoms with van der Waals surface area (Å²) in [5, 5.41) is 0. The maximum atomic E-state index is 12.2. The van der Waals surface area contributed by atoms with E-state index in [2.05, 4.69) is 0 Å². The van der Waals surface area contributed by atoms with E-state index in [1.165, 1.54) is 0 Å². The summed E-state index contributed by atoms with van der Waals surface area (Å²) in [5.41, 5.74) is 0. The molecule has 0 spiro atoms. The van der Waals surface area contributed by atoms with E-state index < -0.39 is 7.82 Å². The monoisotopic (exact) mass is 298 g/mol. The van der Waals surface area contributed by atoms with Crippen molar-refractivity contribution < 1.29 is 27.6 Å². The summed E-state index contributed by atoms with van der Waals surface area (Å²) in [5.74, 6) is 0. The Morgan fingerprint density at radius 1 is 0.737 bits per heavy atom. The Morgan fingerprint density at radius 3 is 1.63 bits per heavy atom. The molecule has 0 aromatic rings. The topological polar surface area (TPSA) is 63.2 Å². The van der Waals surface area contributed by atoms with E-state index in [1.54, 1.807) is 0 Å². The van der Waals surface area contributed by atoms with Gasteiger partial charge in [-0.15, -0.1) is 0 Å². The maximum absolute atomic E-state index is 12.2. The standard InChI is InChI=1S/C12H27O6P/c1-4-7-8-16-19(13,17-11-9-14-5-2)18-12-10-15-6-3/h4-12H2,1-3H3. The third kappa shape index (κ3) is 11.5. The average Bonchev–Trinajstić information content (AvgIpc) is 2.41. The van der Waals surface area contributed by atoms with E-state index in [0.717, 1.165) is 12.8 Å². The van der Waals surface area contributed by atoms with Crippen molar-refractivity contribution in [2.75, 3.05) is 46.2 Å². The number of phosphoric ester groups is 1. The minimum absolute atomic E-state index is 0.186. The third-order valence-electron chi connectivity index (χ3n) is 2.11. The van der Waals surface area contributed by atoms with Gasteiger partial charge in [-0.05, 0) is 20.3 Å². The molecule has 0 aliphatic rings. The summed E-state index contributed by atoms with van der Waals surface area (Å²) < 4.78 is 38.1. The van der Waals surface area contributed by atoms with Gasteiger partial charge in [0.1, 0.15) is 0 Å². The molecule has 0 N–H and O–H groups in total. The quantitative estimate of drug-likeness (QED) is 0.363. The van der Waals surface area contributed by atoms with Crippen LogP contribution in [-0.2, 0) is 27.6 Å². The summed E-state index contributed by atoms with van der Waals surface area (Å²) in [7, 11) is -3.49. The molecule has 0 aromatic heterocycles. The van der Waals surface area contributed by atoms with Crippen molar-refractivity contribution in [1.82, 2.24) is 0 Å². The molecule has 0 aliphatic carbocycles. The first-order valence-corrected chi connectivity index (χ1v) is 8.33. The van der Waals surface area contributed by atoms with Gasteiger partial charge < -0.3 is 9.47 Å². The highest BCUT2D eigenvalue weighted by Gasteiger charge is 2.26. The van der Waals surface area contributed by atoms with E-state index in [9.17, 15) is 4.57 Å². The van der Waals surface area contributed by atoms with Crippen molar-refractivity contribution >= 4 is 7.82 Å². The van der Waals surface area contributed by atoms with Crippen LogP contribution in [0.4, 0.5) is 0 Å². The lowest BCUT2D eigenvalue weighted by atomic mass is 10.4. The Balaban J connectivity index is 4.00. The Labute approximate surface area is 116 Å². The molecule has 0 bridgehead atoms. The van der Waals surface area contributed by atoms with Gasteiger partial charge in [0.05, 0.1) is 33.0 Å². The molecule has 0 saturated carbocycles. The maximum Gasteiger partial charge on any atom is 0.474 e. The van der Waals surface area contributed by atoms with Gasteiger partial charge in [0, 0.05) is 13.2 Å². The molecule has 0 aromatic carbocycles. The van der Waals surface area contributed by atoms with Crippen LogP contribution in [0, 0.1) is 0 Å². The summed E-state index contributed by atoms with van der Waals surface area (Å²) in [6.07, 6.45) is 1.77. The second-order valence-corrected chi connectivity index (χ2v) is 5.36. The zero-order chi connectivity index (χ0) is 14.4. The Hall–Kier alpha value is 0.0300. The molecule has 0 unspecified atom stereocenters. The summed E-state index contributed by atoms with van der Waals surface area (Å²) in [4.78, 5) is 0. The first-order chi connectivity index (χ1) is 9.18. The van der Waals surface area contributed by atoms with Crippen LogP contribution in [-0.4, -0.2) is 46.2 Å². The van der Waals surface area contributed by atoms with Crippen molar-refractivity contribution in [3.63, 3.8) is 0 Å². The molecule has 7 heteroatoms. The molecule has 0 rings (SSSR count). The van der Waals surface area contributed by atoms with Crippen LogP contribution in [0.3, 0.4) is 0 Å². The molecule has 0 amide bonds. The Bertz CT molecular complexity index is 220. The van der Waals surface area contributed by atoms with Gasteiger partial charge in [0.25, 0.3) is 0 Å². The smallest absolute Gasteiger partial charge is 0.379 e. The second-order valence-electron chi connectivity index (χ2n) is 3.69. The van der Waals surface area contributed by atoms with Crippen LogP contribution >= 0.6 is 7.82 Å². The van der Waals surface area contributed by atoms with E-state index in [4.69, 9.17) is 23.0 Å². The highest BCUT2D eigenvalue weighted by Crippen LogP contribution is 2.49. The van der Waals surface area contributed by atoms with Gasteiger partial charge >= 0.3 is 7.82 Å². The van der Waals surface area contributed by atoms with Gasteiger partial charge in [0.15, 0.2) is 0 Å². The lowest BCUT2D eigenvalue weighted by Gasteiger charge is -2.17. The normalized spacial score (nSPS) is 11.9. The van der Waals surface area contributed by atoms with Gasteiger partial charge in [0.2, 0.25) is 0 Å². The second kappa shape index (κ2) is 13.0. The number of hydrogen-bond donors (Lipinski definition) is 0. The zero-order valence-electron chi connectivity index (χ0n) is 12.3. The van der Waals surface area contributed by atoms with Crippen molar-refractivity contribution in [3.05, 3.63) is 0 Å². The van der Waals surface area contributed by atoms with Crippen LogP contribution in [0.5, 0.6) is 0 Å². The van der Waals surface area contributed by atoms with Crippen molar-refractivity contribution in [2.45, 2.75) is 33.6 Å². The third-order valence-corrected chi connectivity index (χ3v) is 3.61. The summed E-state index contributed by atoms with van der Waals surface area (Å²) in [6.45, 7) is 8.45. The summed E-state index contributed by atoms with van der Waals surface area (Å²) >= 11 is 0. The SMILES string of the molecule is CCCCOP(=O)(OCCOCC)OCCOCC. The van der Waals surface area contributed by atoms with Crippen molar-refractivity contribution in [2.24, 2.45) is 0 Å². The fourth-order valence-electron chi connectivity index (χ4n) is 1.14. The minimum atomic E-state index is -3.49. The van der Waals surface area contributed by atoms with Gasteiger partial charge in [-0.2, -0.15) is 0 Å². The number of hydrogen-bond acceptors (Lipinski definition) is 6. The first kappa shape index (κ1) is 19.0. The van der Waals surface area contributed by atoms with Gasteiger partial charge in [-0.25, -0.2) is 4.57 Å². The molecule has 0 aliphatic heterocycles. The molecular weight excluding hydrogens is 271 g/mol. The number of phosphoric acid groups is 1. The van der Waals surface area contributed by atoms with Crippen molar-refractivity contribution in [3.8, 4) is 0 Å². The Morgan fingerprint density at radius 2 is 1.21 bits per heavy atom. The van der Waals surface area contributed by atoms with Crippen LogP contribution in [0.1, 0.15) is 33.6 Å².